The summed E-state index contributed by atoms with van der Waals surface area (Å²) >= 11 is 5.75. The molecule has 14 heavy (non-hydrogen) atoms. The highest BCUT2D eigenvalue weighted by molar-refractivity contribution is 6.30. The van der Waals surface area contributed by atoms with Crippen molar-refractivity contribution < 1.29 is 4.39 Å². The van der Waals surface area contributed by atoms with Crippen LogP contribution in [-0.2, 0) is 0 Å². The quantitative estimate of drug-likeness (QED) is 0.797. The fourth-order valence-corrected chi connectivity index (χ4v) is 1.33. The summed E-state index contributed by atoms with van der Waals surface area (Å²) in [7, 11) is 0. The third-order valence-corrected chi connectivity index (χ3v) is 2.33. The van der Waals surface area contributed by atoms with Crippen molar-refractivity contribution in [1.82, 2.24) is 0 Å². The molecule has 0 spiro atoms. The molecule has 0 aliphatic rings. The molecule has 0 aromatic heterocycles. The third kappa shape index (κ3) is 2.44. The van der Waals surface area contributed by atoms with E-state index in [9.17, 15) is 4.39 Å². The highest BCUT2D eigenvalue weighted by Gasteiger charge is 2.25. The summed E-state index contributed by atoms with van der Waals surface area (Å²) in [4.78, 5) is 0. The standard InChI is InChI=1S/C10H14ClFN2/c1-10(2,14)9(13)7-5-6(11)3-4-8(7)12/h3-5,9H,13-14H2,1-2H3. The molecule has 0 fully saturated rings. The Morgan fingerprint density at radius 3 is 2.50 bits per heavy atom. The molecular weight excluding hydrogens is 203 g/mol. The highest BCUT2D eigenvalue weighted by atomic mass is 35.5. The van der Waals surface area contributed by atoms with Gasteiger partial charge in [-0.2, -0.15) is 0 Å². The summed E-state index contributed by atoms with van der Waals surface area (Å²) in [6.07, 6.45) is 0. The normalized spacial score (nSPS) is 14.1. The van der Waals surface area contributed by atoms with Crippen molar-refractivity contribution in [2.75, 3.05) is 0 Å². The molecule has 0 amide bonds. The summed E-state index contributed by atoms with van der Waals surface area (Å²) in [6.45, 7) is 3.50. The Morgan fingerprint density at radius 2 is 2.00 bits per heavy atom. The van der Waals surface area contributed by atoms with Crippen LogP contribution in [0, 0.1) is 5.82 Å². The minimum atomic E-state index is -0.675. The molecule has 0 bridgehead atoms. The molecule has 0 radical (unpaired) electrons. The molecule has 1 unspecified atom stereocenters. The second-order valence-corrected chi connectivity index (χ2v) is 4.40. The smallest absolute Gasteiger partial charge is 0.128 e. The average Bonchev–Trinajstić information content (AvgIpc) is 2.06. The van der Waals surface area contributed by atoms with Crippen molar-refractivity contribution in [2.45, 2.75) is 25.4 Å². The van der Waals surface area contributed by atoms with Crippen molar-refractivity contribution in [3.8, 4) is 0 Å². The Labute approximate surface area is 88.0 Å². The number of rotatable bonds is 2. The molecule has 0 aliphatic heterocycles. The van der Waals surface area contributed by atoms with Gasteiger partial charge in [0.25, 0.3) is 0 Å². The van der Waals surface area contributed by atoms with E-state index in [4.69, 9.17) is 23.1 Å². The van der Waals surface area contributed by atoms with Crippen molar-refractivity contribution in [3.63, 3.8) is 0 Å². The maximum absolute atomic E-state index is 13.4. The Hall–Kier alpha value is -0.640. The van der Waals surface area contributed by atoms with E-state index >= 15 is 0 Å². The van der Waals surface area contributed by atoms with Crippen LogP contribution in [0.5, 0.6) is 0 Å². The summed E-state index contributed by atoms with van der Waals surface area (Å²) in [6, 6.07) is 3.72. The molecule has 4 N–H and O–H groups in total. The van der Waals surface area contributed by atoms with Gasteiger partial charge in [-0.1, -0.05) is 11.6 Å². The first kappa shape index (κ1) is 11.4. The zero-order valence-electron chi connectivity index (χ0n) is 8.22. The maximum Gasteiger partial charge on any atom is 0.128 e. The topological polar surface area (TPSA) is 52.0 Å². The van der Waals surface area contributed by atoms with Gasteiger partial charge in [0.05, 0.1) is 6.04 Å². The zero-order chi connectivity index (χ0) is 10.9. The third-order valence-electron chi connectivity index (χ3n) is 2.09. The van der Waals surface area contributed by atoms with E-state index in [2.05, 4.69) is 0 Å². The lowest BCUT2D eigenvalue weighted by molar-refractivity contribution is 0.407. The van der Waals surface area contributed by atoms with E-state index in [-0.39, 0.29) is 5.82 Å². The van der Waals surface area contributed by atoms with Gasteiger partial charge in [0.2, 0.25) is 0 Å². The van der Waals surface area contributed by atoms with Gasteiger partial charge in [0, 0.05) is 16.1 Å². The van der Waals surface area contributed by atoms with Crippen molar-refractivity contribution in [2.24, 2.45) is 11.5 Å². The molecule has 1 rings (SSSR count). The van der Waals surface area contributed by atoms with Crippen molar-refractivity contribution >= 4 is 11.6 Å². The molecule has 4 heteroatoms. The van der Waals surface area contributed by atoms with Gasteiger partial charge >= 0.3 is 0 Å². The van der Waals surface area contributed by atoms with Gasteiger partial charge < -0.3 is 11.5 Å². The highest BCUT2D eigenvalue weighted by Crippen LogP contribution is 2.25. The predicted molar refractivity (Wildman–Crippen MR) is 56.6 cm³/mol. The molecule has 78 valence electrons. The lowest BCUT2D eigenvalue weighted by Crippen LogP contribution is -2.44. The molecule has 0 heterocycles. The summed E-state index contributed by atoms with van der Waals surface area (Å²) in [5.41, 5.74) is 11.3. The van der Waals surface area contributed by atoms with Crippen LogP contribution in [0.3, 0.4) is 0 Å². The number of nitrogens with two attached hydrogens (primary N) is 2. The van der Waals surface area contributed by atoms with Crippen LogP contribution in [0.25, 0.3) is 0 Å². The average molecular weight is 217 g/mol. The Bertz CT molecular complexity index is 333. The van der Waals surface area contributed by atoms with Crippen molar-refractivity contribution in [1.29, 1.82) is 0 Å². The molecule has 1 aromatic carbocycles. The van der Waals surface area contributed by atoms with Crippen LogP contribution >= 0.6 is 11.6 Å². The minimum Gasteiger partial charge on any atom is -0.324 e. The van der Waals surface area contributed by atoms with E-state index in [1.807, 2.05) is 0 Å². The minimum absolute atomic E-state index is 0.352. The fourth-order valence-electron chi connectivity index (χ4n) is 1.15. The Kier molecular flexibility index (Phi) is 3.14. The zero-order valence-corrected chi connectivity index (χ0v) is 8.98. The lowest BCUT2D eigenvalue weighted by Gasteiger charge is -2.27. The van der Waals surface area contributed by atoms with E-state index < -0.39 is 11.6 Å². The van der Waals surface area contributed by atoms with Crippen LogP contribution in [0.4, 0.5) is 4.39 Å². The van der Waals surface area contributed by atoms with Crippen molar-refractivity contribution in [3.05, 3.63) is 34.6 Å². The van der Waals surface area contributed by atoms with Crippen LogP contribution in [0.1, 0.15) is 25.5 Å². The molecule has 0 saturated heterocycles. The molecule has 2 nitrogen and oxygen atoms in total. The van der Waals surface area contributed by atoms with Gasteiger partial charge in [-0.15, -0.1) is 0 Å². The molecule has 1 aromatic rings. The Morgan fingerprint density at radius 1 is 1.43 bits per heavy atom. The fraction of sp³-hybridized carbons (Fsp3) is 0.400. The predicted octanol–water partition coefficient (Wildman–Crippen LogP) is 2.22. The summed E-state index contributed by atoms with van der Waals surface area (Å²) in [5, 5.41) is 0.459. The van der Waals surface area contributed by atoms with Gasteiger partial charge in [0.1, 0.15) is 5.82 Å². The summed E-state index contributed by atoms with van der Waals surface area (Å²) in [5.74, 6) is -0.375. The van der Waals surface area contributed by atoms with Gasteiger partial charge in [-0.05, 0) is 32.0 Å². The van der Waals surface area contributed by atoms with E-state index in [1.54, 1.807) is 13.8 Å². The van der Waals surface area contributed by atoms with Crippen LogP contribution in [0.15, 0.2) is 18.2 Å². The number of hydrogen-bond donors (Lipinski definition) is 2. The monoisotopic (exact) mass is 216 g/mol. The largest absolute Gasteiger partial charge is 0.324 e. The number of hydrogen-bond acceptors (Lipinski definition) is 2. The molecular formula is C10H14ClFN2. The SMILES string of the molecule is CC(C)(N)C(N)c1cc(Cl)ccc1F. The number of halogens is 2. The molecule has 1 atom stereocenters. The van der Waals surface area contributed by atoms with E-state index in [0.29, 0.717) is 10.6 Å². The van der Waals surface area contributed by atoms with E-state index in [1.165, 1.54) is 18.2 Å². The van der Waals surface area contributed by atoms with Gasteiger partial charge in [-0.25, -0.2) is 4.39 Å². The first-order valence-corrected chi connectivity index (χ1v) is 4.69. The second kappa shape index (κ2) is 3.85. The van der Waals surface area contributed by atoms with Gasteiger partial charge in [-0.3, -0.25) is 0 Å². The van der Waals surface area contributed by atoms with Crippen LogP contribution < -0.4 is 11.5 Å². The van der Waals surface area contributed by atoms with Crippen LogP contribution in [-0.4, -0.2) is 5.54 Å². The first-order valence-electron chi connectivity index (χ1n) is 4.32. The van der Waals surface area contributed by atoms with E-state index in [0.717, 1.165) is 0 Å². The second-order valence-electron chi connectivity index (χ2n) is 3.96. The van der Waals surface area contributed by atoms with Gasteiger partial charge in [0.15, 0.2) is 0 Å². The summed E-state index contributed by atoms with van der Waals surface area (Å²) < 4.78 is 13.4. The number of benzene rings is 1. The molecule has 0 saturated carbocycles. The first-order chi connectivity index (χ1) is 6.32. The lowest BCUT2D eigenvalue weighted by atomic mass is 9.90. The maximum atomic E-state index is 13.4. The Balaban J connectivity index is 3.12. The van der Waals surface area contributed by atoms with Crippen LogP contribution in [0.2, 0.25) is 5.02 Å². The molecule has 0 aliphatic carbocycles.